The van der Waals surface area contributed by atoms with Gasteiger partial charge in [0.15, 0.2) is 17.5 Å². The summed E-state index contributed by atoms with van der Waals surface area (Å²) in [5, 5.41) is 2.44. The van der Waals surface area contributed by atoms with Crippen LogP contribution in [0.4, 0.5) is 18.9 Å². The van der Waals surface area contributed by atoms with E-state index in [0.717, 1.165) is 6.07 Å². The summed E-state index contributed by atoms with van der Waals surface area (Å²) in [6.07, 6.45) is -0.0786. The smallest absolute Gasteiger partial charge is 0.242 e. The summed E-state index contributed by atoms with van der Waals surface area (Å²) < 4.78 is 68.4. The van der Waals surface area contributed by atoms with E-state index in [1.165, 1.54) is 24.3 Å². The second-order valence-corrected chi connectivity index (χ2v) is 8.68. The van der Waals surface area contributed by atoms with Crippen molar-refractivity contribution >= 4 is 33.2 Å². The third-order valence-electron chi connectivity index (χ3n) is 4.31. The summed E-state index contributed by atoms with van der Waals surface area (Å²) in [6, 6.07) is 13.9. The summed E-state index contributed by atoms with van der Waals surface area (Å²) >= 11 is 5.78. The maximum absolute atomic E-state index is 14.0. The SMILES string of the molecule is O=C(Nc1ccc(F)c(F)c1F)[C@H](Cc1ccccc1)NS(=O)(=O)c1ccc(Cl)cc1. The van der Waals surface area contributed by atoms with Crippen LogP contribution in [0.1, 0.15) is 5.56 Å². The average Bonchev–Trinajstić information content (AvgIpc) is 2.74. The first kappa shape index (κ1) is 22.8. The van der Waals surface area contributed by atoms with Crippen LogP contribution in [-0.2, 0) is 21.2 Å². The molecule has 3 rings (SSSR count). The van der Waals surface area contributed by atoms with Crippen molar-refractivity contribution in [3.05, 3.63) is 94.8 Å². The van der Waals surface area contributed by atoms with Crippen LogP contribution in [0.5, 0.6) is 0 Å². The van der Waals surface area contributed by atoms with Gasteiger partial charge in [-0.15, -0.1) is 0 Å². The summed E-state index contributed by atoms with van der Waals surface area (Å²) in [6.45, 7) is 0. The number of carbonyl (C=O) groups excluding carboxylic acids is 1. The molecule has 1 amide bonds. The molecule has 3 aromatic carbocycles. The Labute approximate surface area is 181 Å². The average molecular weight is 469 g/mol. The van der Waals surface area contributed by atoms with E-state index in [-0.39, 0.29) is 11.3 Å². The van der Waals surface area contributed by atoms with Crippen molar-refractivity contribution in [1.82, 2.24) is 4.72 Å². The zero-order valence-electron chi connectivity index (χ0n) is 15.8. The molecule has 3 aromatic rings. The topological polar surface area (TPSA) is 75.3 Å². The number of hydrogen-bond acceptors (Lipinski definition) is 3. The van der Waals surface area contributed by atoms with Gasteiger partial charge in [0.1, 0.15) is 6.04 Å². The van der Waals surface area contributed by atoms with Crippen LogP contribution in [0.2, 0.25) is 5.02 Å². The van der Waals surface area contributed by atoms with Gasteiger partial charge in [0.05, 0.1) is 10.6 Å². The molecule has 1 atom stereocenters. The third-order valence-corrected chi connectivity index (χ3v) is 6.05. The van der Waals surface area contributed by atoms with E-state index < -0.39 is 45.1 Å². The molecule has 0 aromatic heterocycles. The van der Waals surface area contributed by atoms with Crippen molar-refractivity contribution in [1.29, 1.82) is 0 Å². The highest BCUT2D eigenvalue weighted by Gasteiger charge is 2.27. The number of anilines is 1. The summed E-state index contributed by atoms with van der Waals surface area (Å²) in [5.74, 6) is -5.71. The molecule has 0 unspecified atom stereocenters. The molecule has 10 heteroatoms. The maximum atomic E-state index is 14.0. The van der Waals surface area contributed by atoms with E-state index in [1.807, 2.05) is 0 Å². The molecule has 0 spiro atoms. The molecule has 0 bridgehead atoms. The van der Waals surface area contributed by atoms with Crippen molar-refractivity contribution in [2.24, 2.45) is 0 Å². The van der Waals surface area contributed by atoms with E-state index in [9.17, 15) is 26.4 Å². The Hall–Kier alpha value is -2.88. The minimum atomic E-state index is -4.16. The second-order valence-electron chi connectivity index (χ2n) is 6.53. The van der Waals surface area contributed by atoms with Crippen molar-refractivity contribution in [2.75, 3.05) is 5.32 Å². The molecule has 0 aliphatic rings. The lowest BCUT2D eigenvalue weighted by molar-refractivity contribution is -0.117. The number of amides is 1. The van der Waals surface area contributed by atoms with E-state index >= 15 is 0 Å². The highest BCUT2D eigenvalue weighted by atomic mass is 35.5. The molecule has 31 heavy (non-hydrogen) atoms. The van der Waals surface area contributed by atoms with Gasteiger partial charge < -0.3 is 5.32 Å². The van der Waals surface area contributed by atoms with Crippen LogP contribution in [-0.4, -0.2) is 20.4 Å². The molecule has 5 nitrogen and oxygen atoms in total. The van der Waals surface area contributed by atoms with Crippen molar-refractivity contribution in [3.8, 4) is 0 Å². The van der Waals surface area contributed by atoms with Gasteiger partial charge in [-0.25, -0.2) is 21.6 Å². The van der Waals surface area contributed by atoms with Gasteiger partial charge in [0.2, 0.25) is 15.9 Å². The molecule has 0 aliphatic carbocycles. The first-order valence-electron chi connectivity index (χ1n) is 8.93. The number of halogens is 4. The molecule has 2 N–H and O–H groups in total. The van der Waals surface area contributed by atoms with Gasteiger partial charge in [0, 0.05) is 5.02 Å². The summed E-state index contributed by atoms with van der Waals surface area (Å²) in [7, 11) is -4.16. The van der Waals surface area contributed by atoms with Gasteiger partial charge in [0.25, 0.3) is 0 Å². The fraction of sp³-hybridized carbons (Fsp3) is 0.0952. The normalized spacial score (nSPS) is 12.4. The number of hydrogen-bond donors (Lipinski definition) is 2. The lowest BCUT2D eigenvalue weighted by Gasteiger charge is -2.19. The number of sulfonamides is 1. The van der Waals surface area contributed by atoms with Gasteiger partial charge in [-0.05, 0) is 48.4 Å². The zero-order valence-corrected chi connectivity index (χ0v) is 17.4. The van der Waals surface area contributed by atoms with Crippen LogP contribution in [0.3, 0.4) is 0 Å². The lowest BCUT2D eigenvalue weighted by atomic mass is 10.1. The fourth-order valence-electron chi connectivity index (χ4n) is 2.75. The Bertz CT molecular complexity index is 1190. The molecular weight excluding hydrogens is 453 g/mol. The molecular formula is C21H16ClF3N2O3S. The maximum Gasteiger partial charge on any atom is 0.242 e. The van der Waals surface area contributed by atoms with Crippen LogP contribution < -0.4 is 10.0 Å². The van der Waals surface area contributed by atoms with Gasteiger partial charge in [-0.1, -0.05) is 41.9 Å². The van der Waals surface area contributed by atoms with Gasteiger partial charge in [-0.2, -0.15) is 4.72 Å². The summed E-state index contributed by atoms with van der Waals surface area (Å²) in [5.41, 5.74) is -0.000123. The molecule has 0 aliphatic heterocycles. The van der Waals surface area contributed by atoms with E-state index in [0.29, 0.717) is 16.7 Å². The number of benzene rings is 3. The van der Waals surface area contributed by atoms with Crippen LogP contribution >= 0.6 is 11.6 Å². The van der Waals surface area contributed by atoms with E-state index in [1.54, 1.807) is 30.3 Å². The monoisotopic (exact) mass is 468 g/mol. The van der Waals surface area contributed by atoms with Crippen molar-refractivity contribution in [2.45, 2.75) is 17.4 Å². The molecule has 162 valence electrons. The van der Waals surface area contributed by atoms with Crippen LogP contribution in [0.15, 0.2) is 71.6 Å². The standard InChI is InChI=1S/C21H16ClF3N2O3S/c22-14-6-8-15(9-7-14)31(29,30)27-18(12-13-4-2-1-3-5-13)21(28)26-17-11-10-16(23)19(24)20(17)25/h1-11,18,27H,12H2,(H,26,28)/t18-/m0/s1. The molecule has 0 saturated carbocycles. The number of nitrogens with one attached hydrogen (secondary N) is 2. The molecule has 0 radical (unpaired) electrons. The van der Waals surface area contributed by atoms with Gasteiger partial charge in [-0.3, -0.25) is 4.79 Å². The first-order chi connectivity index (χ1) is 14.7. The summed E-state index contributed by atoms with van der Waals surface area (Å²) in [4.78, 5) is 12.6. The predicted molar refractivity (Wildman–Crippen MR) is 111 cm³/mol. The predicted octanol–water partition coefficient (Wildman–Crippen LogP) is 4.29. The fourth-order valence-corrected chi connectivity index (χ4v) is 4.07. The molecule has 0 heterocycles. The van der Waals surface area contributed by atoms with Crippen molar-refractivity contribution in [3.63, 3.8) is 0 Å². The van der Waals surface area contributed by atoms with Crippen LogP contribution in [0.25, 0.3) is 0 Å². The lowest BCUT2D eigenvalue weighted by Crippen LogP contribution is -2.45. The Morgan fingerprint density at radius 1 is 0.903 bits per heavy atom. The minimum Gasteiger partial charge on any atom is -0.322 e. The van der Waals surface area contributed by atoms with Gasteiger partial charge >= 0.3 is 0 Å². The minimum absolute atomic E-state index is 0.0786. The van der Waals surface area contributed by atoms with Crippen molar-refractivity contribution < 1.29 is 26.4 Å². The second kappa shape index (κ2) is 9.51. The zero-order chi connectivity index (χ0) is 22.6. The quantitative estimate of drug-likeness (QED) is 0.508. The highest BCUT2D eigenvalue weighted by Crippen LogP contribution is 2.21. The third kappa shape index (κ3) is 5.63. The number of rotatable bonds is 7. The molecule has 0 fully saturated rings. The Morgan fingerprint density at radius 3 is 2.19 bits per heavy atom. The van der Waals surface area contributed by atoms with E-state index in [4.69, 9.17) is 11.6 Å². The Morgan fingerprint density at radius 2 is 1.55 bits per heavy atom. The largest absolute Gasteiger partial charge is 0.322 e. The molecule has 0 saturated heterocycles. The number of carbonyl (C=O) groups is 1. The van der Waals surface area contributed by atoms with Crippen LogP contribution in [0, 0.1) is 17.5 Å². The van der Waals surface area contributed by atoms with E-state index in [2.05, 4.69) is 10.0 Å². The Balaban J connectivity index is 1.89. The highest BCUT2D eigenvalue weighted by molar-refractivity contribution is 7.89. The first-order valence-corrected chi connectivity index (χ1v) is 10.8. The Kier molecular flexibility index (Phi) is 6.99.